The van der Waals surface area contributed by atoms with E-state index < -0.39 is 10.0 Å². The van der Waals surface area contributed by atoms with Gasteiger partial charge in [-0.2, -0.15) is 0 Å². The van der Waals surface area contributed by atoms with E-state index in [4.69, 9.17) is 0 Å². The largest absolute Gasteiger partial charge is 0.311 e. The Morgan fingerprint density at radius 1 is 1.08 bits per heavy atom. The van der Waals surface area contributed by atoms with Crippen LogP contribution in [0.2, 0.25) is 0 Å². The fourth-order valence-electron chi connectivity index (χ4n) is 3.92. The molecule has 6 heteroatoms. The highest BCUT2D eigenvalue weighted by Crippen LogP contribution is 2.25. The van der Waals surface area contributed by atoms with Gasteiger partial charge in [0.05, 0.1) is 5.25 Å². The van der Waals surface area contributed by atoms with E-state index >= 15 is 0 Å². The first-order chi connectivity index (χ1) is 12.0. The Bertz CT molecular complexity index is 640. The fourth-order valence-corrected chi connectivity index (χ4v) is 5.23. The van der Waals surface area contributed by atoms with Crippen LogP contribution < -0.4 is 10.6 Å². The molecule has 2 unspecified atom stereocenters. The first kappa shape index (κ1) is 18.8. The minimum atomic E-state index is -3.11. The van der Waals surface area contributed by atoms with Crippen LogP contribution in [-0.4, -0.2) is 49.7 Å². The van der Waals surface area contributed by atoms with Gasteiger partial charge in [0.2, 0.25) is 10.0 Å². The molecule has 0 aliphatic carbocycles. The summed E-state index contributed by atoms with van der Waals surface area (Å²) in [6.07, 6.45) is 4.04. The molecule has 2 aliphatic rings. The Morgan fingerprint density at radius 2 is 1.76 bits per heavy atom. The van der Waals surface area contributed by atoms with Gasteiger partial charge < -0.3 is 10.6 Å². The van der Waals surface area contributed by atoms with Crippen molar-refractivity contribution >= 4 is 10.0 Å². The molecule has 5 nitrogen and oxygen atoms in total. The summed E-state index contributed by atoms with van der Waals surface area (Å²) in [5, 5.41) is 7.09. The molecule has 2 atom stereocenters. The average molecular weight is 366 g/mol. The number of piperidine rings is 2. The number of nitrogens with one attached hydrogen (secondary N) is 2. The van der Waals surface area contributed by atoms with E-state index in [9.17, 15) is 8.42 Å². The van der Waals surface area contributed by atoms with Crippen molar-refractivity contribution in [2.24, 2.45) is 0 Å². The lowest BCUT2D eigenvalue weighted by Crippen LogP contribution is -2.51. The highest BCUT2D eigenvalue weighted by molar-refractivity contribution is 7.89. The zero-order valence-electron chi connectivity index (χ0n) is 15.3. The highest BCUT2D eigenvalue weighted by atomic mass is 32.2. The van der Waals surface area contributed by atoms with Gasteiger partial charge in [0.15, 0.2) is 0 Å². The molecule has 3 rings (SSSR count). The number of benzene rings is 1. The number of sulfonamides is 1. The van der Waals surface area contributed by atoms with Crippen LogP contribution in [0.25, 0.3) is 0 Å². The minimum absolute atomic E-state index is 0.326. The lowest BCUT2D eigenvalue weighted by atomic mass is 9.92. The molecular weight excluding hydrogens is 334 g/mol. The Balaban J connectivity index is 1.51. The van der Waals surface area contributed by atoms with E-state index in [-0.39, 0.29) is 5.25 Å². The summed E-state index contributed by atoms with van der Waals surface area (Å²) in [4.78, 5) is 0. The molecule has 0 spiro atoms. The zero-order valence-corrected chi connectivity index (χ0v) is 16.1. The molecule has 0 bridgehead atoms. The van der Waals surface area contributed by atoms with Crippen LogP contribution in [0.4, 0.5) is 0 Å². The molecule has 0 aromatic heterocycles. The van der Waals surface area contributed by atoms with Crippen molar-refractivity contribution in [1.29, 1.82) is 0 Å². The van der Waals surface area contributed by atoms with Crippen molar-refractivity contribution < 1.29 is 8.42 Å². The maximum atomic E-state index is 12.3. The molecule has 2 N–H and O–H groups in total. The third-order valence-corrected chi connectivity index (χ3v) is 7.76. The third-order valence-electron chi connectivity index (χ3n) is 5.49. The molecule has 2 fully saturated rings. The van der Waals surface area contributed by atoms with Crippen LogP contribution in [-0.2, 0) is 10.0 Å². The topological polar surface area (TPSA) is 61.4 Å². The molecule has 2 aliphatic heterocycles. The molecule has 2 saturated heterocycles. The minimum Gasteiger partial charge on any atom is -0.311 e. The number of hydrogen-bond acceptors (Lipinski definition) is 4. The van der Waals surface area contributed by atoms with Crippen LogP contribution >= 0.6 is 0 Å². The standard InChI is InChI=1S/C19H31N3O2S/c1-15(2)25(23,24)22-12-9-17(10-13-22)21-18-8-11-20-19(14-18)16-6-4-3-5-7-16/h3-7,15,17-21H,8-14H2,1-2H3. The molecule has 0 radical (unpaired) electrons. The van der Waals surface area contributed by atoms with Crippen molar-refractivity contribution in [3.63, 3.8) is 0 Å². The van der Waals surface area contributed by atoms with Gasteiger partial charge in [-0.05, 0) is 51.6 Å². The lowest BCUT2D eigenvalue weighted by molar-refractivity contribution is 0.240. The van der Waals surface area contributed by atoms with E-state index in [1.165, 1.54) is 5.56 Å². The summed E-state index contributed by atoms with van der Waals surface area (Å²) in [6, 6.07) is 12.0. The lowest BCUT2D eigenvalue weighted by Gasteiger charge is -2.37. The molecule has 140 valence electrons. The van der Waals surface area contributed by atoms with Crippen molar-refractivity contribution in [1.82, 2.24) is 14.9 Å². The smallest absolute Gasteiger partial charge is 0.216 e. The van der Waals surface area contributed by atoms with E-state index in [0.29, 0.717) is 31.2 Å². The van der Waals surface area contributed by atoms with Crippen LogP contribution in [0, 0.1) is 0 Å². The van der Waals surface area contributed by atoms with Crippen molar-refractivity contribution in [3.05, 3.63) is 35.9 Å². The Kier molecular flexibility index (Phi) is 6.15. The second-order valence-electron chi connectivity index (χ2n) is 7.57. The van der Waals surface area contributed by atoms with Gasteiger partial charge in [-0.1, -0.05) is 30.3 Å². The molecule has 1 aromatic carbocycles. The molecule has 2 heterocycles. The Hall–Kier alpha value is -0.950. The second-order valence-corrected chi connectivity index (χ2v) is 10.1. The SMILES string of the molecule is CC(C)S(=O)(=O)N1CCC(NC2CCNC(c3ccccc3)C2)CC1. The first-order valence-corrected chi connectivity index (χ1v) is 11.0. The summed E-state index contributed by atoms with van der Waals surface area (Å²) in [7, 11) is -3.11. The highest BCUT2D eigenvalue weighted by Gasteiger charge is 2.31. The molecule has 0 amide bonds. The summed E-state index contributed by atoms with van der Waals surface area (Å²) < 4.78 is 26.2. The van der Waals surface area contributed by atoms with Crippen molar-refractivity contribution in [3.8, 4) is 0 Å². The quantitative estimate of drug-likeness (QED) is 0.840. The van der Waals surface area contributed by atoms with E-state index in [2.05, 4.69) is 41.0 Å². The number of nitrogens with zero attached hydrogens (tertiary/aromatic N) is 1. The summed E-state index contributed by atoms with van der Waals surface area (Å²) >= 11 is 0. The maximum absolute atomic E-state index is 12.3. The molecule has 1 aromatic rings. The fraction of sp³-hybridized carbons (Fsp3) is 0.684. The predicted octanol–water partition coefficient (Wildman–Crippen LogP) is 2.27. The molecular formula is C19H31N3O2S. The van der Waals surface area contributed by atoms with Crippen molar-refractivity contribution in [2.45, 2.75) is 62.9 Å². The van der Waals surface area contributed by atoms with Crippen LogP contribution in [0.5, 0.6) is 0 Å². The van der Waals surface area contributed by atoms with Gasteiger partial charge in [0.1, 0.15) is 0 Å². The predicted molar refractivity (Wildman–Crippen MR) is 102 cm³/mol. The Labute approximate surface area is 152 Å². The summed E-state index contributed by atoms with van der Waals surface area (Å²) in [5.41, 5.74) is 1.35. The number of hydrogen-bond donors (Lipinski definition) is 2. The summed E-state index contributed by atoms with van der Waals surface area (Å²) in [6.45, 7) is 5.84. The van der Waals surface area contributed by atoms with E-state index in [0.717, 1.165) is 32.2 Å². The van der Waals surface area contributed by atoms with E-state index in [1.54, 1.807) is 18.2 Å². The monoisotopic (exact) mass is 365 g/mol. The molecule has 25 heavy (non-hydrogen) atoms. The normalized spacial score (nSPS) is 26.8. The van der Waals surface area contributed by atoms with Gasteiger partial charge in [-0.3, -0.25) is 0 Å². The summed E-state index contributed by atoms with van der Waals surface area (Å²) in [5.74, 6) is 0. The van der Waals surface area contributed by atoms with Gasteiger partial charge in [-0.25, -0.2) is 12.7 Å². The van der Waals surface area contributed by atoms with Gasteiger partial charge in [0, 0.05) is 31.2 Å². The van der Waals surface area contributed by atoms with Gasteiger partial charge in [0.25, 0.3) is 0 Å². The van der Waals surface area contributed by atoms with Crippen LogP contribution in [0.15, 0.2) is 30.3 Å². The van der Waals surface area contributed by atoms with E-state index in [1.807, 2.05) is 0 Å². The first-order valence-electron chi connectivity index (χ1n) is 9.50. The third kappa shape index (κ3) is 4.61. The second kappa shape index (κ2) is 8.16. The van der Waals surface area contributed by atoms with Crippen molar-refractivity contribution in [2.75, 3.05) is 19.6 Å². The van der Waals surface area contributed by atoms with Crippen LogP contribution in [0.3, 0.4) is 0 Å². The van der Waals surface area contributed by atoms with Crippen LogP contribution in [0.1, 0.15) is 51.1 Å². The van der Waals surface area contributed by atoms with Gasteiger partial charge >= 0.3 is 0 Å². The average Bonchev–Trinajstić information content (AvgIpc) is 2.63. The Morgan fingerprint density at radius 3 is 2.40 bits per heavy atom. The molecule has 0 saturated carbocycles. The maximum Gasteiger partial charge on any atom is 0.216 e. The van der Waals surface area contributed by atoms with Gasteiger partial charge in [-0.15, -0.1) is 0 Å². The number of rotatable bonds is 5. The zero-order chi connectivity index (χ0) is 17.9.